The van der Waals surface area contributed by atoms with Crippen LogP contribution < -0.4 is 10.1 Å². The van der Waals surface area contributed by atoms with Crippen molar-refractivity contribution in [3.63, 3.8) is 0 Å². The molecule has 0 atom stereocenters. The second kappa shape index (κ2) is 10.1. The summed E-state index contributed by atoms with van der Waals surface area (Å²) in [6, 6.07) is 13.1. The first kappa shape index (κ1) is 22.4. The van der Waals surface area contributed by atoms with Crippen LogP contribution >= 0.6 is 11.8 Å². The second-order valence-electron chi connectivity index (χ2n) is 7.07. The van der Waals surface area contributed by atoms with E-state index in [1.165, 1.54) is 27.8 Å². The summed E-state index contributed by atoms with van der Waals surface area (Å²) in [5.74, 6) is 0.403. The fourth-order valence-electron chi connectivity index (χ4n) is 2.79. The number of carbonyl (C=O) groups is 2. The van der Waals surface area contributed by atoms with Crippen molar-refractivity contribution in [1.29, 1.82) is 0 Å². The first-order chi connectivity index (χ1) is 14.9. The summed E-state index contributed by atoms with van der Waals surface area (Å²) < 4.78 is 6.94. The Bertz CT molecular complexity index is 1070. The van der Waals surface area contributed by atoms with E-state index >= 15 is 0 Å². The highest BCUT2D eigenvalue weighted by Gasteiger charge is 2.16. The summed E-state index contributed by atoms with van der Waals surface area (Å²) in [7, 11) is 3.18. The lowest BCUT2D eigenvalue weighted by Crippen LogP contribution is -2.36. The lowest BCUT2D eigenvalue weighted by atomic mass is 10.1. The van der Waals surface area contributed by atoms with Crippen LogP contribution in [0.2, 0.25) is 0 Å². The highest BCUT2D eigenvalue weighted by atomic mass is 32.2. The summed E-state index contributed by atoms with van der Waals surface area (Å²) in [5, 5.41) is 11.5. The number of aryl methyl sites for hydroxylation is 2. The molecule has 162 valence electrons. The van der Waals surface area contributed by atoms with Crippen molar-refractivity contribution in [2.45, 2.75) is 19.0 Å². The number of hydrogen-bond acceptors (Lipinski definition) is 6. The van der Waals surface area contributed by atoms with Crippen molar-refractivity contribution >= 4 is 29.3 Å². The molecular weight excluding hydrogens is 414 g/mol. The predicted molar refractivity (Wildman–Crippen MR) is 121 cm³/mol. The molecule has 2 amide bonds. The number of anilines is 1. The van der Waals surface area contributed by atoms with Crippen molar-refractivity contribution in [3.05, 3.63) is 59.9 Å². The number of benzene rings is 2. The fraction of sp³-hybridized carbons (Fsp3) is 0.273. The standard InChI is InChI=1S/C22H25N5O3S/c1-15-5-8-18(11-16(15)2)27-14-23-25-22(27)31-13-21(29)26(3)12-20(28)24-17-6-9-19(30-4)10-7-17/h5-11,14H,12-13H2,1-4H3,(H,24,28). The van der Waals surface area contributed by atoms with E-state index in [2.05, 4.69) is 28.5 Å². The molecule has 3 aromatic rings. The molecule has 0 aliphatic rings. The molecule has 2 aromatic carbocycles. The van der Waals surface area contributed by atoms with Gasteiger partial charge in [-0.1, -0.05) is 17.8 Å². The maximum atomic E-state index is 12.5. The van der Waals surface area contributed by atoms with Gasteiger partial charge in [0.2, 0.25) is 11.8 Å². The number of thioether (sulfide) groups is 1. The third-order valence-electron chi connectivity index (χ3n) is 4.79. The van der Waals surface area contributed by atoms with Crippen LogP contribution in [0.5, 0.6) is 5.75 Å². The highest BCUT2D eigenvalue weighted by molar-refractivity contribution is 7.99. The molecule has 1 heterocycles. The van der Waals surface area contributed by atoms with Crippen molar-refractivity contribution < 1.29 is 14.3 Å². The normalized spacial score (nSPS) is 10.6. The Balaban J connectivity index is 1.54. The number of methoxy groups -OCH3 is 1. The Morgan fingerprint density at radius 1 is 1.13 bits per heavy atom. The minimum absolute atomic E-state index is 0.0464. The largest absolute Gasteiger partial charge is 0.497 e. The minimum atomic E-state index is -0.274. The van der Waals surface area contributed by atoms with Gasteiger partial charge in [-0.3, -0.25) is 14.2 Å². The molecule has 3 rings (SSSR count). The van der Waals surface area contributed by atoms with Crippen LogP contribution in [-0.2, 0) is 9.59 Å². The monoisotopic (exact) mass is 439 g/mol. The van der Waals surface area contributed by atoms with Crippen molar-refractivity contribution in [3.8, 4) is 11.4 Å². The van der Waals surface area contributed by atoms with Crippen LogP contribution in [-0.4, -0.2) is 57.9 Å². The van der Waals surface area contributed by atoms with Gasteiger partial charge < -0.3 is 15.0 Å². The van der Waals surface area contributed by atoms with Gasteiger partial charge >= 0.3 is 0 Å². The van der Waals surface area contributed by atoms with Gasteiger partial charge in [-0.2, -0.15) is 0 Å². The topological polar surface area (TPSA) is 89.3 Å². The van der Waals surface area contributed by atoms with E-state index < -0.39 is 0 Å². The highest BCUT2D eigenvalue weighted by Crippen LogP contribution is 2.21. The van der Waals surface area contributed by atoms with Gasteiger partial charge in [0, 0.05) is 18.4 Å². The Labute approximate surface area is 185 Å². The Morgan fingerprint density at radius 3 is 2.55 bits per heavy atom. The van der Waals surface area contributed by atoms with Crippen LogP contribution in [0.1, 0.15) is 11.1 Å². The van der Waals surface area contributed by atoms with E-state index in [0.29, 0.717) is 16.6 Å². The molecule has 31 heavy (non-hydrogen) atoms. The molecule has 0 unspecified atom stereocenters. The van der Waals surface area contributed by atoms with Crippen LogP contribution in [0.25, 0.3) is 5.69 Å². The first-order valence-corrected chi connectivity index (χ1v) is 10.6. The second-order valence-corrected chi connectivity index (χ2v) is 8.01. The lowest BCUT2D eigenvalue weighted by Gasteiger charge is -2.17. The van der Waals surface area contributed by atoms with E-state index in [-0.39, 0.29) is 24.1 Å². The Kier molecular flexibility index (Phi) is 7.30. The van der Waals surface area contributed by atoms with E-state index in [4.69, 9.17) is 4.74 Å². The smallest absolute Gasteiger partial charge is 0.243 e. The zero-order valence-electron chi connectivity index (χ0n) is 18.0. The maximum Gasteiger partial charge on any atom is 0.243 e. The summed E-state index contributed by atoms with van der Waals surface area (Å²) in [6.45, 7) is 4.06. The summed E-state index contributed by atoms with van der Waals surface area (Å²) >= 11 is 1.28. The van der Waals surface area contributed by atoms with Gasteiger partial charge in [-0.05, 0) is 61.4 Å². The molecule has 1 aromatic heterocycles. The Morgan fingerprint density at radius 2 is 1.87 bits per heavy atom. The van der Waals surface area contributed by atoms with E-state index in [0.717, 1.165) is 5.69 Å². The average molecular weight is 440 g/mol. The zero-order valence-corrected chi connectivity index (χ0v) is 18.8. The van der Waals surface area contributed by atoms with Gasteiger partial charge in [-0.15, -0.1) is 10.2 Å². The van der Waals surface area contributed by atoms with Crippen LogP contribution in [0, 0.1) is 13.8 Å². The zero-order chi connectivity index (χ0) is 22.4. The number of carbonyl (C=O) groups excluding carboxylic acids is 2. The van der Waals surface area contributed by atoms with Crippen molar-refractivity contribution in [2.24, 2.45) is 0 Å². The van der Waals surface area contributed by atoms with E-state index in [1.54, 1.807) is 44.8 Å². The lowest BCUT2D eigenvalue weighted by molar-refractivity contribution is -0.131. The Hall–Kier alpha value is -3.33. The van der Waals surface area contributed by atoms with Crippen molar-refractivity contribution in [1.82, 2.24) is 19.7 Å². The summed E-state index contributed by atoms with van der Waals surface area (Å²) in [6.07, 6.45) is 1.63. The molecular formula is C22H25N5O3S. The molecule has 0 spiro atoms. The molecule has 0 saturated heterocycles. The number of nitrogens with zero attached hydrogens (tertiary/aromatic N) is 4. The van der Waals surface area contributed by atoms with Crippen LogP contribution in [0.3, 0.4) is 0 Å². The maximum absolute atomic E-state index is 12.5. The third-order valence-corrected chi connectivity index (χ3v) is 5.72. The molecule has 1 N–H and O–H groups in total. The first-order valence-electron chi connectivity index (χ1n) is 9.65. The summed E-state index contributed by atoms with van der Waals surface area (Å²) in [5.41, 5.74) is 3.95. The van der Waals surface area contributed by atoms with Gasteiger partial charge in [0.15, 0.2) is 5.16 Å². The predicted octanol–water partition coefficient (Wildman–Crippen LogP) is 3.08. The molecule has 0 aliphatic heterocycles. The molecule has 0 saturated carbocycles. The number of hydrogen-bond donors (Lipinski definition) is 1. The van der Waals surface area contributed by atoms with Gasteiger partial charge in [0.05, 0.1) is 19.4 Å². The SMILES string of the molecule is COc1ccc(NC(=O)CN(C)C(=O)CSc2nncn2-c2ccc(C)c(C)c2)cc1. The van der Waals surface area contributed by atoms with Gasteiger partial charge in [0.1, 0.15) is 12.1 Å². The molecule has 0 aliphatic carbocycles. The van der Waals surface area contributed by atoms with Gasteiger partial charge in [0.25, 0.3) is 0 Å². The van der Waals surface area contributed by atoms with Crippen molar-refractivity contribution in [2.75, 3.05) is 31.8 Å². The molecule has 0 bridgehead atoms. The molecule has 9 heteroatoms. The molecule has 0 fully saturated rings. The van der Waals surface area contributed by atoms with E-state index in [1.807, 2.05) is 23.6 Å². The minimum Gasteiger partial charge on any atom is -0.497 e. The number of nitrogens with one attached hydrogen (secondary N) is 1. The molecule has 8 nitrogen and oxygen atoms in total. The number of ether oxygens (including phenoxy) is 1. The molecule has 0 radical (unpaired) electrons. The number of aromatic nitrogens is 3. The van der Waals surface area contributed by atoms with Crippen LogP contribution in [0.15, 0.2) is 53.9 Å². The average Bonchev–Trinajstić information content (AvgIpc) is 3.23. The summed E-state index contributed by atoms with van der Waals surface area (Å²) in [4.78, 5) is 26.1. The van der Waals surface area contributed by atoms with Crippen LogP contribution in [0.4, 0.5) is 5.69 Å². The number of amides is 2. The third kappa shape index (κ3) is 5.85. The number of likely N-dealkylation sites (N-methyl/N-ethyl adjacent to an activating group) is 1. The van der Waals surface area contributed by atoms with E-state index in [9.17, 15) is 9.59 Å². The number of rotatable bonds is 8. The van der Waals surface area contributed by atoms with Gasteiger partial charge in [-0.25, -0.2) is 0 Å². The quantitative estimate of drug-likeness (QED) is 0.543. The fourth-order valence-corrected chi connectivity index (χ4v) is 3.66.